The quantitative estimate of drug-likeness (QED) is 0.416. The van der Waals surface area contributed by atoms with Crippen molar-refractivity contribution in [2.75, 3.05) is 10.7 Å². The van der Waals surface area contributed by atoms with Crippen molar-refractivity contribution in [1.29, 1.82) is 0 Å². The Labute approximate surface area is 69.7 Å². The molecule has 0 spiro atoms. The zero-order valence-electron chi connectivity index (χ0n) is 6.42. The maximum atomic E-state index is 10.9. The van der Waals surface area contributed by atoms with Crippen LogP contribution in [0.3, 0.4) is 0 Å². The van der Waals surface area contributed by atoms with E-state index in [0.29, 0.717) is 6.42 Å². The molecule has 4 nitrogen and oxygen atoms in total. The van der Waals surface area contributed by atoms with Crippen LogP contribution in [0, 0.1) is 0 Å². The van der Waals surface area contributed by atoms with E-state index in [0.717, 1.165) is 16.9 Å². The number of carbonyl (C=O) groups excluding carboxylic acids is 1. The molecule has 1 heterocycles. The molecule has 12 heavy (non-hydrogen) atoms. The lowest BCUT2D eigenvalue weighted by Crippen LogP contribution is -2.06. The number of fused-ring (bicyclic) bond motifs is 1. The average Bonchev–Trinajstić information content (AvgIpc) is 2.43. The highest BCUT2D eigenvalue weighted by Gasteiger charge is 2.16. The molecule has 0 aromatic heterocycles. The molecule has 0 fully saturated rings. The van der Waals surface area contributed by atoms with Gasteiger partial charge in [-0.25, -0.2) is 0 Å². The van der Waals surface area contributed by atoms with Crippen molar-refractivity contribution in [3.8, 4) is 0 Å². The summed E-state index contributed by atoms with van der Waals surface area (Å²) >= 11 is 0. The smallest absolute Gasteiger partial charge is 0.228 e. The van der Waals surface area contributed by atoms with Gasteiger partial charge in [-0.3, -0.25) is 10.6 Å². The monoisotopic (exact) mass is 163 g/mol. The van der Waals surface area contributed by atoms with Gasteiger partial charge in [0.1, 0.15) is 0 Å². The van der Waals surface area contributed by atoms with Crippen LogP contribution < -0.4 is 16.6 Å². The zero-order chi connectivity index (χ0) is 8.55. The van der Waals surface area contributed by atoms with Crippen LogP contribution in [0.25, 0.3) is 0 Å². The Bertz CT molecular complexity index is 335. The topological polar surface area (TPSA) is 67.1 Å². The first-order valence-electron chi connectivity index (χ1n) is 3.69. The fourth-order valence-electron chi connectivity index (χ4n) is 1.32. The molecule has 1 aliphatic heterocycles. The Kier molecular flexibility index (Phi) is 1.48. The van der Waals surface area contributed by atoms with Crippen LogP contribution in [0.5, 0.6) is 0 Å². The van der Waals surface area contributed by atoms with Gasteiger partial charge >= 0.3 is 0 Å². The molecule has 4 heteroatoms. The minimum absolute atomic E-state index is 0.0409. The minimum atomic E-state index is 0.0409. The van der Waals surface area contributed by atoms with Gasteiger partial charge in [0.2, 0.25) is 5.91 Å². The molecule has 1 aromatic rings. The Balaban J connectivity index is 2.41. The number of amides is 1. The fourth-order valence-corrected chi connectivity index (χ4v) is 1.32. The van der Waals surface area contributed by atoms with Crippen molar-refractivity contribution < 1.29 is 4.79 Å². The highest BCUT2D eigenvalue weighted by Crippen LogP contribution is 2.25. The molecule has 62 valence electrons. The Morgan fingerprint density at radius 2 is 2.33 bits per heavy atom. The number of nitrogens with two attached hydrogens (primary N) is 1. The van der Waals surface area contributed by atoms with E-state index in [9.17, 15) is 4.79 Å². The second-order valence-corrected chi connectivity index (χ2v) is 2.74. The van der Waals surface area contributed by atoms with Gasteiger partial charge in [-0.1, -0.05) is 0 Å². The molecule has 1 aliphatic rings. The lowest BCUT2D eigenvalue weighted by Gasteiger charge is -2.01. The van der Waals surface area contributed by atoms with E-state index >= 15 is 0 Å². The number of rotatable bonds is 1. The minimum Gasteiger partial charge on any atom is -0.326 e. The third kappa shape index (κ3) is 1.02. The summed E-state index contributed by atoms with van der Waals surface area (Å²) in [6.45, 7) is 0. The van der Waals surface area contributed by atoms with Crippen LogP contribution in [-0.4, -0.2) is 5.91 Å². The third-order valence-corrected chi connectivity index (χ3v) is 1.90. The summed E-state index contributed by atoms with van der Waals surface area (Å²) in [4.78, 5) is 10.9. The number of benzene rings is 1. The number of nitrogen functional groups attached to an aromatic ring is 1. The normalized spacial score (nSPS) is 13.9. The molecule has 0 saturated heterocycles. The number of carbonyl (C=O) groups is 1. The lowest BCUT2D eigenvalue weighted by molar-refractivity contribution is -0.115. The molecule has 0 radical (unpaired) electrons. The number of hydrogen-bond donors (Lipinski definition) is 3. The zero-order valence-corrected chi connectivity index (χ0v) is 6.42. The molecule has 0 bridgehead atoms. The van der Waals surface area contributed by atoms with Gasteiger partial charge in [0, 0.05) is 11.4 Å². The molecule has 0 unspecified atom stereocenters. The molecule has 0 aliphatic carbocycles. The maximum Gasteiger partial charge on any atom is 0.228 e. The first-order valence-corrected chi connectivity index (χ1v) is 3.69. The van der Waals surface area contributed by atoms with E-state index in [1.807, 2.05) is 18.2 Å². The van der Waals surface area contributed by atoms with Crippen LogP contribution in [0.15, 0.2) is 18.2 Å². The number of hydrogen-bond acceptors (Lipinski definition) is 3. The molecule has 1 amide bonds. The van der Waals surface area contributed by atoms with Crippen LogP contribution in [0.1, 0.15) is 5.56 Å². The average molecular weight is 163 g/mol. The van der Waals surface area contributed by atoms with Crippen molar-refractivity contribution in [1.82, 2.24) is 0 Å². The molecule has 2 rings (SSSR count). The summed E-state index contributed by atoms with van der Waals surface area (Å²) < 4.78 is 0. The second-order valence-electron chi connectivity index (χ2n) is 2.74. The van der Waals surface area contributed by atoms with Gasteiger partial charge in [-0.05, 0) is 23.8 Å². The SMILES string of the molecule is NNc1ccc2c(c1)CC(=O)N2. The van der Waals surface area contributed by atoms with E-state index in [-0.39, 0.29) is 5.91 Å². The highest BCUT2D eigenvalue weighted by atomic mass is 16.1. The number of anilines is 2. The largest absolute Gasteiger partial charge is 0.326 e. The van der Waals surface area contributed by atoms with E-state index in [1.54, 1.807) is 0 Å². The predicted molar refractivity (Wildman–Crippen MR) is 46.6 cm³/mol. The van der Waals surface area contributed by atoms with Gasteiger partial charge < -0.3 is 10.7 Å². The maximum absolute atomic E-state index is 10.9. The molecule has 4 N–H and O–H groups in total. The number of nitrogens with one attached hydrogen (secondary N) is 2. The van der Waals surface area contributed by atoms with Crippen molar-refractivity contribution >= 4 is 17.3 Å². The fraction of sp³-hybridized carbons (Fsp3) is 0.125. The third-order valence-electron chi connectivity index (χ3n) is 1.90. The van der Waals surface area contributed by atoms with E-state index in [1.165, 1.54) is 0 Å². The molecule has 0 saturated carbocycles. The van der Waals surface area contributed by atoms with Crippen LogP contribution >= 0.6 is 0 Å². The van der Waals surface area contributed by atoms with Gasteiger partial charge in [-0.15, -0.1) is 0 Å². The van der Waals surface area contributed by atoms with E-state index < -0.39 is 0 Å². The van der Waals surface area contributed by atoms with Crippen LogP contribution in [0.4, 0.5) is 11.4 Å². The van der Waals surface area contributed by atoms with Crippen molar-refractivity contribution in [3.63, 3.8) is 0 Å². The molecular weight excluding hydrogens is 154 g/mol. The Hall–Kier alpha value is -1.55. The highest BCUT2D eigenvalue weighted by molar-refractivity contribution is 5.99. The van der Waals surface area contributed by atoms with Gasteiger partial charge in [0.05, 0.1) is 6.42 Å². The standard InChI is InChI=1S/C8H9N3O/c9-11-6-1-2-7-5(3-6)4-8(12)10-7/h1-3,11H,4,9H2,(H,10,12). The van der Waals surface area contributed by atoms with Gasteiger partial charge in [-0.2, -0.15) is 0 Å². The van der Waals surface area contributed by atoms with Gasteiger partial charge in [0.25, 0.3) is 0 Å². The summed E-state index contributed by atoms with van der Waals surface area (Å²) in [5.41, 5.74) is 5.24. The second kappa shape index (κ2) is 2.49. The Morgan fingerprint density at radius 1 is 1.50 bits per heavy atom. The summed E-state index contributed by atoms with van der Waals surface area (Å²) in [6, 6.07) is 5.53. The predicted octanol–water partition coefficient (Wildman–Crippen LogP) is 0.467. The number of hydrazine groups is 1. The Morgan fingerprint density at radius 3 is 3.08 bits per heavy atom. The summed E-state index contributed by atoms with van der Waals surface area (Å²) in [6.07, 6.45) is 0.449. The summed E-state index contributed by atoms with van der Waals surface area (Å²) in [7, 11) is 0. The first-order chi connectivity index (χ1) is 5.79. The van der Waals surface area contributed by atoms with E-state index in [2.05, 4.69) is 10.7 Å². The van der Waals surface area contributed by atoms with Crippen molar-refractivity contribution in [3.05, 3.63) is 23.8 Å². The van der Waals surface area contributed by atoms with E-state index in [4.69, 9.17) is 5.84 Å². The van der Waals surface area contributed by atoms with Crippen molar-refractivity contribution in [2.24, 2.45) is 5.84 Å². The summed E-state index contributed by atoms with van der Waals surface area (Å²) in [5.74, 6) is 5.26. The van der Waals surface area contributed by atoms with Crippen LogP contribution in [-0.2, 0) is 11.2 Å². The molecule has 1 aromatic carbocycles. The first kappa shape index (κ1) is 7.12. The summed E-state index contributed by atoms with van der Waals surface area (Å²) in [5, 5.41) is 2.74. The molecule has 0 atom stereocenters. The van der Waals surface area contributed by atoms with Gasteiger partial charge in [0.15, 0.2) is 0 Å². The van der Waals surface area contributed by atoms with Crippen molar-refractivity contribution in [2.45, 2.75) is 6.42 Å². The lowest BCUT2D eigenvalue weighted by atomic mass is 10.1. The van der Waals surface area contributed by atoms with Crippen LogP contribution in [0.2, 0.25) is 0 Å². The molecular formula is C8H9N3O.